The van der Waals surface area contributed by atoms with E-state index in [1.165, 1.54) is 12.8 Å². The smallest absolute Gasteiger partial charge is 0.310 e. The van der Waals surface area contributed by atoms with Gasteiger partial charge in [-0.05, 0) is 12.8 Å². The molecule has 0 radical (unpaired) electrons. The van der Waals surface area contributed by atoms with E-state index in [2.05, 4.69) is 0 Å². The maximum absolute atomic E-state index is 11.2. The van der Waals surface area contributed by atoms with Crippen LogP contribution >= 0.6 is 11.8 Å². The van der Waals surface area contributed by atoms with E-state index < -0.39 is 0 Å². The molecule has 11 heavy (non-hydrogen) atoms. The normalized spacial score (nSPS) is 52.9. The van der Waals surface area contributed by atoms with Crippen molar-refractivity contribution in [3.63, 3.8) is 0 Å². The highest BCUT2D eigenvalue weighted by Crippen LogP contribution is 2.55. The molecule has 4 atom stereocenters. The number of fused-ring (bicyclic) bond motifs is 5. The van der Waals surface area contributed by atoms with Crippen LogP contribution in [0.25, 0.3) is 0 Å². The predicted molar refractivity (Wildman–Crippen MR) is 42.3 cm³/mol. The minimum Gasteiger partial charge on any atom is -0.465 e. The molecule has 3 rings (SSSR count). The summed E-state index contributed by atoms with van der Waals surface area (Å²) < 4.78 is 5.05. The first kappa shape index (κ1) is 6.35. The third-order valence-corrected chi connectivity index (χ3v) is 4.93. The van der Waals surface area contributed by atoms with Crippen LogP contribution in [0.5, 0.6) is 0 Å². The third-order valence-electron chi connectivity index (χ3n) is 3.11. The van der Waals surface area contributed by atoms with Gasteiger partial charge in [0.15, 0.2) is 0 Å². The Morgan fingerprint density at radius 2 is 2.18 bits per heavy atom. The Morgan fingerprint density at radius 1 is 1.36 bits per heavy atom. The summed E-state index contributed by atoms with van der Waals surface area (Å²) in [5.74, 6) is 0.930. The van der Waals surface area contributed by atoms with Crippen molar-refractivity contribution in [2.45, 2.75) is 23.3 Å². The van der Waals surface area contributed by atoms with E-state index in [1.54, 1.807) is 0 Å². The molecule has 3 heterocycles. The second kappa shape index (κ2) is 1.94. The SMILES string of the molecule is O=C1OCC2C3CCC(S3)C12. The summed E-state index contributed by atoms with van der Waals surface area (Å²) in [5.41, 5.74) is 0. The predicted octanol–water partition coefficient (Wildman–Crippen LogP) is 1.05. The Morgan fingerprint density at radius 3 is 3.00 bits per heavy atom. The Kier molecular flexibility index (Phi) is 1.12. The molecule has 3 saturated heterocycles. The van der Waals surface area contributed by atoms with Crippen LogP contribution in [0.4, 0.5) is 0 Å². The van der Waals surface area contributed by atoms with Gasteiger partial charge in [0.1, 0.15) is 0 Å². The van der Waals surface area contributed by atoms with Gasteiger partial charge in [0.25, 0.3) is 0 Å². The first-order valence-electron chi connectivity index (χ1n) is 4.18. The van der Waals surface area contributed by atoms with Crippen LogP contribution in [-0.4, -0.2) is 23.1 Å². The van der Waals surface area contributed by atoms with E-state index in [1.807, 2.05) is 11.8 Å². The van der Waals surface area contributed by atoms with Crippen molar-refractivity contribution >= 4 is 17.7 Å². The van der Waals surface area contributed by atoms with Crippen LogP contribution in [0.1, 0.15) is 12.8 Å². The molecular formula is C8H10O2S. The second-order valence-electron chi connectivity index (χ2n) is 3.61. The molecule has 0 amide bonds. The lowest BCUT2D eigenvalue weighted by Gasteiger charge is -2.17. The van der Waals surface area contributed by atoms with E-state index >= 15 is 0 Å². The Balaban J connectivity index is 1.97. The second-order valence-corrected chi connectivity index (χ2v) is 5.09. The van der Waals surface area contributed by atoms with E-state index in [0.717, 1.165) is 5.25 Å². The van der Waals surface area contributed by atoms with Crippen LogP contribution in [0.2, 0.25) is 0 Å². The molecule has 2 bridgehead atoms. The van der Waals surface area contributed by atoms with E-state index in [4.69, 9.17) is 4.74 Å². The first-order valence-corrected chi connectivity index (χ1v) is 5.12. The van der Waals surface area contributed by atoms with Gasteiger partial charge < -0.3 is 4.74 Å². The van der Waals surface area contributed by atoms with Crippen molar-refractivity contribution in [2.24, 2.45) is 11.8 Å². The van der Waals surface area contributed by atoms with E-state index in [9.17, 15) is 4.79 Å². The molecule has 3 aliphatic rings. The van der Waals surface area contributed by atoms with Gasteiger partial charge in [-0.1, -0.05) is 0 Å². The van der Waals surface area contributed by atoms with Gasteiger partial charge >= 0.3 is 5.97 Å². The summed E-state index contributed by atoms with van der Waals surface area (Å²) in [6.07, 6.45) is 2.55. The fourth-order valence-electron chi connectivity index (χ4n) is 2.59. The fourth-order valence-corrected chi connectivity index (χ4v) is 4.51. The highest BCUT2D eigenvalue weighted by atomic mass is 32.2. The van der Waals surface area contributed by atoms with E-state index in [0.29, 0.717) is 17.8 Å². The number of carbonyl (C=O) groups is 1. The van der Waals surface area contributed by atoms with Crippen molar-refractivity contribution in [3.05, 3.63) is 0 Å². The van der Waals surface area contributed by atoms with Gasteiger partial charge in [0.2, 0.25) is 0 Å². The van der Waals surface area contributed by atoms with Crippen molar-refractivity contribution in [3.8, 4) is 0 Å². The highest BCUT2D eigenvalue weighted by molar-refractivity contribution is 8.01. The van der Waals surface area contributed by atoms with Gasteiger partial charge in [-0.2, -0.15) is 11.8 Å². The molecule has 3 aliphatic heterocycles. The minimum atomic E-state index is 0.0784. The molecule has 0 aliphatic carbocycles. The molecule has 0 N–H and O–H groups in total. The summed E-state index contributed by atoms with van der Waals surface area (Å²) >= 11 is 2.03. The molecule has 0 aromatic carbocycles. The number of rotatable bonds is 0. The zero-order chi connectivity index (χ0) is 7.42. The molecule has 0 aromatic heterocycles. The maximum Gasteiger partial charge on any atom is 0.310 e. The zero-order valence-electron chi connectivity index (χ0n) is 6.16. The van der Waals surface area contributed by atoms with Gasteiger partial charge in [-0.3, -0.25) is 4.79 Å². The largest absolute Gasteiger partial charge is 0.465 e. The van der Waals surface area contributed by atoms with Crippen LogP contribution in [0.3, 0.4) is 0 Å². The maximum atomic E-state index is 11.2. The molecular weight excluding hydrogens is 160 g/mol. The summed E-state index contributed by atoms with van der Waals surface area (Å²) in [5, 5.41) is 1.36. The van der Waals surface area contributed by atoms with Gasteiger partial charge in [-0.25, -0.2) is 0 Å². The number of esters is 1. The molecule has 0 saturated carbocycles. The quantitative estimate of drug-likeness (QED) is 0.508. The van der Waals surface area contributed by atoms with Gasteiger partial charge in [0.05, 0.1) is 12.5 Å². The van der Waals surface area contributed by atoms with Crippen molar-refractivity contribution in [1.82, 2.24) is 0 Å². The molecule has 0 spiro atoms. The van der Waals surface area contributed by atoms with Gasteiger partial charge in [-0.15, -0.1) is 0 Å². The van der Waals surface area contributed by atoms with Crippen LogP contribution < -0.4 is 0 Å². The number of ether oxygens (including phenoxy) is 1. The number of thioether (sulfide) groups is 1. The first-order chi connectivity index (χ1) is 5.36. The topological polar surface area (TPSA) is 26.3 Å². The average Bonchev–Trinajstić information content (AvgIpc) is 2.60. The fraction of sp³-hybridized carbons (Fsp3) is 0.875. The zero-order valence-corrected chi connectivity index (χ0v) is 6.97. The van der Waals surface area contributed by atoms with E-state index in [-0.39, 0.29) is 11.9 Å². The average molecular weight is 170 g/mol. The number of carbonyl (C=O) groups excluding carboxylic acids is 1. The molecule has 3 fully saturated rings. The molecule has 2 nitrogen and oxygen atoms in total. The summed E-state index contributed by atoms with van der Waals surface area (Å²) in [4.78, 5) is 11.2. The van der Waals surface area contributed by atoms with Crippen LogP contribution in [-0.2, 0) is 9.53 Å². The Bertz CT molecular complexity index is 216. The summed E-state index contributed by atoms with van der Waals surface area (Å²) in [6.45, 7) is 0.706. The molecule has 3 heteroatoms. The van der Waals surface area contributed by atoms with Gasteiger partial charge in [0, 0.05) is 16.4 Å². The monoisotopic (exact) mass is 170 g/mol. The summed E-state index contributed by atoms with van der Waals surface area (Å²) in [6, 6.07) is 0. The molecule has 0 aromatic rings. The minimum absolute atomic E-state index is 0.0784. The number of cyclic esters (lactones) is 1. The number of hydrogen-bond acceptors (Lipinski definition) is 3. The lowest BCUT2D eigenvalue weighted by atomic mass is 9.81. The standard InChI is InChI=1S/C8H10O2S/c9-8-7-4(3-10-8)5-1-2-6(7)11-5/h4-7H,1-3H2. The van der Waals surface area contributed by atoms with Crippen molar-refractivity contribution in [1.29, 1.82) is 0 Å². The lowest BCUT2D eigenvalue weighted by Crippen LogP contribution is -2.27. The Labute approximate surface area is 69.7 Å². The molecule has 4 unspecified atom stereocenters. The third kappa shape index (κ3) is 0.675. The molecule has 60 valence electrons. The Hall–Kier alpha value is -0.180. The van der Waals surface area contributed by atoms with Crippen molar-refractivity contribution < 1.29 is 9.53 Å². The summed E-state index contributed by atoms with van der Waals surface area (Å²) in [7, 11) is 0. The van der Waals surface area contributed by atoms with Crippen LogP contribution in [0.15, 0.2) is 0 Å². The number of hydrogen-bond donors (Lipinski definition) is 0. The highest BCUT2D eigenvalue weighted by Gasteiger charge is 2.55. The van der Waals surface area contributed by atoms with Crippen molar-refractivity contribution in [2.75, 3.05) is 6.61 Å². The van der Waals surface area contributed by atoms with Crippen LogP contribution in [0, 0.1) is 11.8 Å². The lowest BCUT2D eigenvalue weighted by molar-refractivity contribution is -0.141.